The first-order chi connectivity index (χ1) is 10.5. The summed E-state index contributed by atoms with van der Waals surface area (Å²) in [5, 5.41) is 0.882. The molecule has 2 heterocycles. The van der Waals surface area contributed by atoms with E-state index in [4.69, 9.17) is 14.0 Å². The molecule has 0 amide bonds. The summed E-state index contributed by atoms with van der Waals surface area (Å²) in [6, 6.07) is 0. The van der Waals surface area contributed by atoms with Crippen LogP contribution in [-0.4, -0.2) is 35.9 Å². The van der Waals surface area contributed by atoms with E-state index >= 15 is 0 Å². The SMILES string of the molecule is CCOC(=O)C(C)(C)Cc1ncc(B2OC(C)(C)C(C)(C)O2)s1. The maximum Gasteiger partial charge on any atom is 0.507 e. The van der Waals surface area contributed by atoms with Crippen molar-refractivity contribution >= 4 is 29.2 Å². The van der Waals surface area contributed by atoms with Crippen LogP contribution in [0.4, 0.5) is 0 Å². The summed E-state index contributed by atoms with van der Waals surface area (Å²) in [5.74, 6) is -0.201. The van der Waals surface area contributed by atoms with Crippen LogP contribution in [0.25, 0.3) is 0 Å². The van der Waals surface area contributed by atoms with Crippen molar-refractivity contribution in [3.05, 3.63) is 11.2 Å². The second kappa shape index (κ2) is 6.18. The second-order valence-electron chi connectivity index (χ2n) is 7.53. The van der Waals surface area contributed by atoms with E-state index in [1.807, 2.05) is 48.5 Å². The van der Waals surface area contributed by atoms with Crippen LogP contribution in [-0.2, 0) is 25.3 Å². The van der Waals surface area contributed by atoms with Gasteiger partial charge in [0.15, 0.2) is 0 Å². The van der Waals surface area contributed by atoms with E-state index in [0.717, 1.165) is 9.78 Å². The van der Waals surface area contributed by atoms with E-state index in [9.17, 15) is 4.79 Å². The molecular formula is C16H26BNO4S. The highest BCUT2D eigenvalue weighted by atomic mass is 32.1. The lowest BCUT2D eigenvalue weighted by atomic mass is 9.89. The zero-order valence-corrected chi connectivity index (χ0v) is 15.9. The predicted octanol–water partition coefficient (Wildman–Crippen LogP) is 2.57. The molecule has 7 heteroatoms. The van der Waals surface area contributed by atoms with Gasteiger partial charge >= 0.3 is 13.1 Å². The number of carbonyl (C=O) groups is 1. The van der Waals surface area contributed by atoms with E-state index in [1.165, 1.54) is 11.3 Å². The third-order valence-corrected chi connectivity index (χ3v) is 5.50. The third kappa shape index (κ3) is 3.78. The smallest absolute Gasteiger partial charge is 0.466 e. The standard InChI is InChI=1S/C16H26BNO4S/c1-8-20-13(19)14(2,3)9-12-18-10-11(23-12)17-21-15(4,5)16(6,7)22-17/h10H,8-9H2,1-7H3. The van der Waals surface area contributed by atoms with Crippen LogP contribution in [0.15, 0.2) is 6.20 Å². The van der Waals surface area contributed by atoms with Gasteiger partial charge in [-0.25, -0.2) is 0 Å². The molecule has 0 bridgehead atoms. The molecule has 0 atom stereocenters. The molecular weight excluding hydrogens is 313 g/mol. The minimum absolute atomic E-state index is 0.201. The van der Waals surface area contributed by atoms with Gasteiger partial charge < -0.3 is 14.0 Å². The number of nitrogens with zero attached hydrogens (tertiary/aromatic N) is 1. The number of rotatable bonds is 5. The fraction of sp³-hybridized carbons (Fsp3) is 0.750. The number of carbonyl (C=O) groups excluding carboxylic acids is 1. The summed E-state index contributed by atoms with van der Waals surface area (Å²) in [6.07, 6.45) is 2.32. The van der Waals surface area contributed by atoms with Gasteiger partial charge in [-0.2, -0.15) is 0 Å². The maximum absolute atomic E-state index is 12.0. The number of esters is 1. The van der Waals surface area contributed by atoms with Gasteiger partial charge in [0, 0.05) is 12.6 Å². The lowest BCUT2D eigenvalue weighted by Crippen LogP contribution is -2.41. The van der Waals surface area contributed by atoms with Crippen molar-refractivity contribution in [1.29, 1.82) is 0 Å². The second-order valence-corrected chi connectivity index (χ2v) is 8.67. The van der Waals surface area contributed by atoms with Crippen molar-refractivity contribution in [2.45, 2.75) is 66.1 Å². The highest BCUT2D eigenvalue weighted by Crippen LogP contribution is 2.37. The van der Waals surface area contributed by atoms with Crippen LogP contribution in [0.2, 0.25) is 0 Å². The van der Waals surface area contributed by atoms with Gasteiger partial charge in [0.05, 0.1) is 33.0 Å². The molecule has 0 spiro atoms. The van der Waals surface area contributed by atoms with Crippen LogP contribution in [0, 0.1) is 5.41 Å². The Bertz CT molecular complexity index is 566. The van der Waals surface area contributed by atoms with Crippen molar-refractivity contribution < 1.29 is 18.8 Å². The Morgan fingerprint density at radius 2 is 1.87 bits per heavy atom. The van der Waals surface area contributed by atoms with Gasteiger partial charge in [0.1, 0.15) is 0 Å². The quantitative estimate of drug-likeness (QED) is 0.610. The van der Waals surface area contributed by atoms with Crippen LogP contribution < -0.4 is 4.78 Å². The molecule has 2 rings (SSSR count). The fourth-order valence-electron chi connectivity index (χ4n) is 2.25. The molecule has 0 N–H and O–H groups in total. The molecule has 0 aliphatic carbocycles. The molecule has 5 nitrogen and oxygen atoms in total. The van der Waals surface area contributed by atoms with Gasteiger partial charge in [-0.15, -0.1) is 11.3 Å². The topological polar surface area (TPSA) is 57.7 Å². The van der Waals surface area contributed by atoms with Gasteiger partial charge in [-0.3, -0.25) is 9.78 Å². The molecule has 0 unspecified atom stereocenters. The van der Waals surface area contributed by atoms with Crippen molar-refractivity contribution in [2.24, 2.45) is 5.41 Å². The zero-order chi connectivity index (χ0) is 17.5. The van der Waals surface area contributed by atoms with Crippen molar-refractivity contribution in [3.8, 4) is 0 Å². The monoisotopic (exact) mass is 339 g/mol. The van der Waals surface area contributed by atoms with Gasteiger partial charge in [0.25, 0.3) is 0 Å². The van der Waals surface area contributed by atoms with Crippen molar-refractivity contribution in [3.63, 3.8) is 0 Å². The van der Waals surface area contributed by atoms with Crippen LogP contribution >= 0.6 is 11.3 Å². The largest absolute Gasteiger partial charge is 0.507 e. The summed E-state index contributed by atoms with van der Waals surface area (Å²) < 4.78 is 18.1. The zero-order valence-electron chi connectivity index (χ0n) is 15.1. The first-order valence-electron chi connectivity index (χ1n) is 7.96. The van der Waals surface area contributed by atoms with Gasteiger partial charge in [0.2, 0.25) is 0 Å². The number of hydrogen-bond acceptors (Lipinski definition) is 6. The molecule has 1 aliphatic rings. The first kappa shape index (κ1) is 18.4. The lowest BCUT2D eigenvalue weighted by Gasteiger charge is -2.32. The van der Waals surface area contributed by atoms with Crippen molar-refractivity contribution in [2.75, 3.05) is 6.61 Å². The molecule has 0 radical (unpaired) electrons. The van der Waals surface area contributed by atoms with Gasteiger partial charge in [-0.05, 0) is 48.5 Å². The number of ether oxygens (including phenoxy) is 1. The Hall–Kier alpha value is -0.915. The summed E-state index contributed by atoms with van der Waals surface area (Å²) >= 11 is 1.53. The predicted molar refractivity (Wildman–Crippen MR) is 91.9 cm³/mol. The van der Waals surface area contributed by atoms with Crippen molar-refractivity contribution in [1.82, 2.24) is 4.98 Å². The van der Waals surface area contributed by atoms with Crippen LogP contribution in [0.3, 0.4) is 0 Å². The summed E-state index contributed by atoms with van der Waals surface area (Å²) in [4.78, 5) is 16.4. The average Bonchev–Trinajstić information content (AvgIpc) is 2.92. The first-order valence-corrected chi connectivity index (χ1v) is 8.77. The Morgan fingerprint density at radius 3 is 2.39 bits per heavy atom. The molecule has 1 fully saturated rings. The van der Waals surface area contributed by atoms with E-state index in [1.54, 1.807) is 6.20 Å². The molecule has 128 valence electrons. The van der Waals surface area contributed by atoms with E-state index in [-0.39, 0.29) is 17.2 Å². The van der Waals surface area contributed by atoms with E-state index in [2.05, 4.69) is 4.98 Å². The molecule has 23 heavy (non-hydrogen) atoms. The highest BCUT2D eigenvalue weighted by Gasteiger charge is 2.52. The maximum atomic E-state index is 12.0. The third-order valence-electron chi connectivity index (χ3n) is 4.48. The molecule has 1 saturated heterocycles. The Morgan fingerprint density at radius 1 is 1.30 bits per heavy atom. The minimum Gasteiger partial charge on any atom is -0.466 e. The highest BCUT2D eigenvalue weighted by molar-refractivity contribution is 7.22. The Balaban J connectivity index is 2.09. The average molecular weight is 339 g/mol. The molecule has 1 aliphatic heterocycles. The lowest BCUT2D eigenvalue weighted by molar-refractivity contribution is -0.153. The minimum atomic E-state index is -0.596. The van der Waals surface area contributed by atoms with Crippen LogP contribution in [0.5, 0.6) is 0 Å². The summed E-state index contributed by atoms with van der Waals surface area (Å²) in [5.41, 5.74) is -1.33. The molecule has 1 aromatic rings. The Labute approximate surface area is 142 Å². The number of thiazole rings is 1. The summed E-state index contributed by atoms with van der Waals surface area (Å²) in [6.45, 7) is 14.1. The number of hydrogen-bond donors (Lipinski definition) is 0. The van der Waals surface area contributed by atoms with Crippen LogP contribution in [0.1, 0.15) is 53.5 Å². The van der Waals surface area contributed by atoms with E-state index < -0.39 is 12.5 Å². The molecule has 0 aromatic carbocycles. The molecule has 1 aromatic heterocycles. The van der Waals surface area contributed by atoms with Gasteiger partial charge in [-0.1, -0.05) is 0 Å². The number of aromatic nitrogens is 1. The fourth-order valence-corrected chi connectivity index (χ4v) is 3.36. The summed E-state index contributed by atoms with van der Waals surface area (Å²) in [7, 11) is -0.406. The normalized spacial score (nSPS) is 19.9. The van der Waals surface area contributed by atoms with E-state index in [0.29, 0.717) is 13.0 Å². The Kier molecular flexibility index (Phi) is 4.95. The molecule has 0 saturated carbocycles.